The molecule has 1 heterocycles. The molecule has 0 spiro atoms. The third-order valence-corrected chi connectivity index (χ3v) is 4.03. The fourth-order valence-electron chi connectivity index (χ4n) is 2.21. The highest BCUT2D eigenvalue weighted by atomic mass is 35.5. The molecular weight excluding hydrogens is 257 g/mol. The van der Waals surface area contributed by atoms with Gasteiger partial charge in [0.15, 0.2) is 0 Å². The molecule has 0 aromatic heterocycles. The second kappa shape index (κ2) is 4.92. The number of hydrogen-bond acceptors (Lipinski definition) is 3. The normalized spacial score (nSPS) is 20.3. The van der Waals surface area contributed by atoms with Crippen LogP contribution < -0.4 is 10.6 Å². The number of halogens is 2. The van der Waals surface area contributed by atoms with E-state index in [9.17, 15) is 0 Å². The van der Waals surface area contributed by atoms with Gasteiger partial charge < -0.3 is 15.5 Å². The SMILES string of the molecule is CN(C)C1CCN(c2cc(Cl)c(Cl)cc2N)C1. The molecule has 0 aliphatic carbocycles. The van der Waals surface area contributed by atoms with E-state index in [1.54, 1.807) is 6.07 Å². The molecule has 0 bridgehead atoms. The lowest BCUT2D eigenvalue weighted by Crippen LogP contribution is -2.31. The van der Waals surface area contributed by atoms with E-state index < -0.39 is 0 Å². The zero-order valence-electron chi connectivity index (χ0n) is 10.1. The topological polar surface area (TPSA) is 32.5 Å². The molecule has 0 saturated carbocycles. The second-order valence-electron chi connectivity index (χ2n) is 4.68. The number of rotatable bonds is 2. The zero-order valence-corrected chi connectivity index (χ0v) is 11.6. The van der Waals surface area contributed by atoms with Crippen molar-refractivity contribution in [3.63, 3.8) is 0 Å². The minimum absolute atomic E-state index is 0.510. The van der Waals surface area contributed by atoms with Crippen LogP contribution in [0.2, 0.25) is 10.0 Å². The summed E-state index contributed by atoms with van der Waals surface area (Å²) in [7, 11) is 4.21. The van der Waals surface area contributed by atoms with Crippen LogP contribution in [0.15, 0.2) is 12.1 Å². The summed E-state index contributed by atoms with van der Waals surface area (Å²) in [6.07, 6.45) is 1.15. The summed E-state index contributed by atoms with van der Waals surface area (Å²) >= 11 is 12.0. The van der Waals surface area contributed by atoms with Crippen LogP contribution in [0.5, 0.6) is 0 Å². The Hall–Kier alpha value is -0.640. The lowest BCUT2D eigenvalue weighted by atomic mass is 10.2. The quantitative estimate of drug-likeness (QED) is 0.842. The molecule has 2 rings (SSSR count). The Labute approximate surface area is 112 Å². The highest BCUT2D eigenvalue weighted by Gasteiger charge is 2.25. The Morgan fingerprint density at radius 2 is 1.94 bits per heavy atom. The van der Waals surface area contributed by atoms with Gasteiger partial charge in [-0.3, -0.25) is 0 Å². The summed E-state index contributed by atoms with van der Waals surface area (Å²) in [5.41, 5.74) is 7.68. The van der Waals surface area contributed by atoms with Gasteiger partial charge in [0.1, 0.15) is 0 Å². The molecule has 1 aromatic rings. The van der Waals surface area contributed by atoms with Crippen molar-refractivity contribution in [3.8, 4) is 0 Å². The van der Waals surface area contributed by atoms with Gasteiger partial charge in [0.25, 0.3) is 0 Å². The molecule has 1 fully saturated rings. The van der Waals surface area contributed by atoms with E-state index in [4.69, 9.17) is 28.9 Å². The van der Waals surface area contributed by atoms with Gasteiger partial charge in [0, 0.05) is 19.1 Å². The number of nitrogens with zero attached hydrogens (tertiary/aromatic N) is 2. The van der Waals surface area contributed by atoms with Crippen LogP contribution in [0.25, 0.3) is 0 Å². The molecule has 5 heteroatoms. The molecule has 0 radical (unpaired) electrons. The number of hydrogen-bond donors (Lipinski definition) is 1. The van der Waals surface area contributed by atoms with Gasteiger partial charge in [-0.1, -0.05) is 23.2 Å². The summed E-state index contributed by atoms with van der Waals surface area (Å²) < 4.78 is 0. The van der Waals surface area contributed by atoms with Crippen LogP contribution in [0, 0.1) is 0 Å². The van der Waals surface area contributed by atoms with Crippen LogP contribution in [0.4, 0.5) is 11.4 Å². The van der Waals surface area contributed by atoms with Gasteiger partial charge in [-0.05, 0) is 32.6 Å². The van der Waals surface area contributed by atoms with E-state index in [1.165, 1.54) is 0 Å². The highest BCUT2D eigenvalue weighted by Crippen LogP contribution is 2.34. The fraction of sp³-hybridized carbons (Fsp3) is 0.500. The van der Waals surface area contributed by atoms with Crippen molar-refractivity contribution in [2.24, 2.45) is 0 Å². The van der Waals surface area contributed by atoms with Crippen molar-refractivity contribution in [1.29, 1.82) is 0 Å². The van der Waals surface area contributed by atoms with Crippen molar-refractivity contribution >= 4 is 34.6 Å². The average Bonchev–Trinajstić information content (AvgIpc) is 2.72. The second-order valence-corrected chi connectivity index (χ2v) is 5.49. The average molecular weight is 274 g/mol. The predicted octanol–water partition coefficient (Wildman–Crippen LogP) is 2.72. The summed E-state index contributed by atoms with van der Waals surface area (Å²) in [5, 5.41) is 1.07. The molecular formula is C12H17Cl2N3. The van der Waals surface area contributed by atoms with E-state index in [-0.39, 0.29) is 0 Å². The first-order valence-electron chi connectivity index (χ1n) is 5.65. The number of benzene rings is 1. The van der Waals surface area contributed by atoms with Gasteiger partial charge in [-0.2, -0.15) is 0 Å². The van der Waals surface area contributed by atoms with Crippen molar-refractivity contribution in [1.82, 2.24) is 4.90 Å². The van der Waals surface area contributed by atoms with Gasteiger partial charge in [0.05, 0.1) is 21.4 Å². The Morgan fingerprint density at radius 1 is 1.29 bits per heavy atom. The van der Waals surface area contributed by atoms with E-state index in [1.807, 2.05) is 6.07 Å². The maximum Gasteiger partial charge on any atom is 0.0616 e. The molecule has 1 aromatic carbocycles. The Morgan fingerprint density at radius 3 is 2.53 bits per heavy atom. The lowest BCUT2D eigenvalue weighted by molar-refractivity contribution is 0.315. The maximum atomic E-state index is 6.04. The predicted molar refractivity (Wildman–Crippen MR) is 75.2 cm³/mol. The molecule has 1 aliphatic heterocycles. The molecule has 1 atom stereocenters. The fourth-order valence-corrected chi connectivity index (χ4v) is 2.54. The lowest BCUT2D eigenvalue weighted by Gasteiger charge is -2.23. The van der Waals surface area contributed by atoms with Crippen molar-refractivity contribution in [2.45, 2.75) is 12.5 Å². The zero-order chi connectivity index (χ0) is 12.6. The number of nitrogens with two attached hydrogens (primary N) is 1. The Balaban J connectivity index is 2.22. The summed E-state index contributed by atoms with van der Waals surface area (Å²) in [5.74, 6) is 0. The largest absolute Gasteiger partial charge is 0.397 e. The van der Waals surface area contributed by atoms with Gasteiger partial charge in [-0.15, -0.1) is 0 Å². The van der Waals surface area contributed by atoms with E-state index in [0.717, 1.165) is 25.2 Å². The third-order valence-electron chi connectivity index (χ3n) is 3.30. The van der Waals surface area contributed by atoms with E-state index in [0.29, 0.717) is 21.8 Å². The Kier molecular flexibility index (Phi) is 3.71. The van der Waals surface area contributed by atoms with Crippen LogP contribution in [-0.4, -0.2) is 38.1 Å². The van der Waals surface area contributed by atoms with Crippen molar-refractivity contribution < 1.29 is 0 Å². The summed E-state index contributed by atoms with van der Waals surface area (Å²) in [6, 6.07) is 4.16. The van der Waals surface area contributed by atoms with E-state index in [2.05, 4.69) is 23.9 Å². The van der Waals surface area contributed by atoms with Crippen molar-refractivity contribution in [2.75, 3.05) is 37.8 Å². The molecule has 1 saturated heterocycles. The number of anilines is 2. The first-order valence-corrected chi connectivity index (χ1v) is 6.40. The Bertz CT molecular complexity index is 420. The van der Waals surface area contributed by atoms with Gasteiger partial charge in [-0.25, -0.2) is 0 Å². The minimum Gasteiger partial charge on any atom is -0.397 e. The molecule has 0 amide bonds. The van der Waals surface area contributed by atoms with Gasteiger partial charge >= 0.3 is 0 Å². The maximum absolute atomic E-state index is 6.04. The van der Waals surface area contributed by atoms with Crippen LogP contribution in [-0.2, 0) is 0 Å². The third kappa shape index (κ3) is 2.62. The first kappa shape index (κ1) is 12.8. The van der Waals surface area contributed by atoms with E-state index >= 15 is 0 Å². The summed E-state index contributed by atoms with van der Waals surface area (Å²) in [6.45, 7) is 1.99. The van der Waals surface area contributed by atoms with Gasteiger partial charge in [0.2, 0.25) is 0 Å². The van der Waals surface area contributed by atoms with Crippen LogP contribution in [0.3, 0.4) is 0 Å². The minimum atomic E-state index is 0.510. The smallest absolute Gasteiger partial charge is 0.0616 e. The molecule has 2 N–H and O–H groups in total. The molecule has 1 aliphatic rings. The number of nitrogen functional groups attached to an aromatic ring is 1. The summed E-state index contributed by atoms with van der Waals surface area (Å²) in [4.78, 5) is 4.51. The molecule has 3 nitrogen and oxygen atoms in total. The molecule has 1 unspecified atom stereocenters. The van der Waals surface area contributed by atoms with Crippen LogP contribution >= 0.6 is 23.2 Å². The monoisotopic (exact) mass is 273 g/mol. The number of likely N-dealkylation sites (N-methyl/N-ethyl adjacent to an activating group) is 1. The standard InChI is InChI=1S/C12H17Cl2N3/c1-16(2)8-3-4-17(7-8)12-6-10(14)9(13)5-11(12)15/h5-6,8H,3-4,7,15H2,1-2H3. The highest BCUT2D eigenvalue weighted by molar-refractivity contribution is 6.42. The first-order chi connectivity index (χ1) is 7.99. The molecule has 94 valence electrons. The molecule has 17 heavy (non-hydrogen) atoms. The van der Waals surface area contributed by atoms with Crippen LogP contribution in [0.1, 0.15) is 6.42 Å². The van der Waals surface area contributed by atoms with Crippen molar-refractivity contribution in [3.05, 3.63) is 22.2 Å².